The SMILES string of the molecule is Cc1occc1C(N)Cc1cc(F)ccc1Br. The third kappa shape index (κ3) is 2.76. The maximum Gasteiger partial charge on any atom is 0.123 e. The third-order valence-electron chi connectivity index (χ3n) is 2.75. The van der Waals surface area contributed by atoms with E-state index in [4.69, 9.17) is 10.2 Å². The van der Waals surface area contributed by atoms with E-state index in [0.717, 1.165) is 21.4 Å². The van der Waals surface area contributed by atoms with Gasteiger partial charge in [0.15, 0.2) is 0 Å². The van der Waals surface area contributed by atoms with Crippen molar-refractivity contribution in [2.75, 3.05) is 0 Å². The highest BCUT2D eigenvalue weighted by Crippen LogP contribution is 2.25. The number of nitrogens with two attached hydrogens (primary N) is 1. The lowest BCUT2D eigenvalue weighted by molar-refractivity contribution is 0.523. The molecule has 0 radical (unpaired) electrons. The van der Waals surface area contributed by atoms with Gasteiger partial charge in [-0.15, -0.1) is 0 Å². The maximum atomic E-state index is 13.1. The molecule has 1 unspecified atom stereocenters. The fourth-order valence-corrected chi connectivity index (χ4v) is 2.23. The summed E-state index contributed by atoms with van der Waals surface area (Å²) in [7, 11) is 0. The first kappa shape index (κ1) is 12.3. The Morgan fingerprint density at radius 1 is 1.41 bits per heavy atom. The summed E-state index contributed by atoms with van der Waals surface area (Å²) in [5, 5.41) is 0. The van der Waals surface area contributed by atoms with Crippen LogP contribution >= 0.6 is 15.9 Å². The number of benzene rings is 1. The smallest absolute Gasteiger partial charge is 0.123 e. The Morgan fingerprint density at radius 3 is 2.82 bits per heavy atom. The molecule has 1 aromatic heterocycles. The molecule has 0 fully saturated rings. The van der Waals surface area contributed by atoms with Gasteiger partial charge in [-0.05, 0) is 43.2 Å². The first-order chi connectivity index (χ1) is 8.08. The van der Waals surface area contributed by atoms with Gasteiger partial charge in [0.05, 0.1) is 6.26 Å². The summed E-state index contributed by atoms with van der Waals surface area (Å²) >= 11 is 3.40. The summed E-state index contributed by atoms with van der Waals surface area (Å²) in [6.45, 7) is 1.87. The van der Waals surface area contributed by atoms with Gasteiger partial charge >= 0.3 is 0 Å². The van der Waals surface area contributed by atoms with Crippen molar-refractivity contribution in [3.05, 3.63) is 57.7 Å². The van der Waals surface area contributed by atoms with Crippen molar-refractivity contribution in [3.63, 3.8) is 0 Å². The van der Waals surface area contributed by atoms with Crippen LogP contribution in [0, 0.1) is 12.7 Å². The monoisotopic (exact) mass is 297 g/mol. The van der Waals surface area contributed by atoms with E-state index in [1.165, 1.54) is 12.1 Å². The van der Waals surface area contributed by atoms with Crippen LogP contribution in [0.2, 0.25) is 0 Å². The second kappa shape index (κ2) is 5.02. The van der Waals surface area contributed by atoms with Gasteiger partial charge in [-0.25, -0.2) is 4.39 Å². The van der Waals surface area contributed by atoms with Crippen LogP contribution < -0.4 is 5.73 Å². The van der Waals surface area contributed by atoms with E-state index in [9.17, 15) is 4.39 Å². The van der Waals surface area contributed by atoms with Gasteiger partial charge in [0.25, 0.3) is 0 Å². The van der Waals surface area contributed by atoms with Crippen molar-refractivity contribution in [2.45, 2.75) is 19.4 Å². The molecule has 1 aromatic carbocycles. The first-order valence-corrected chi connectivity index (χ1v) is 6.10. The minimum absolute atomic E-state index is 0.188. The standard InChI is InChI=1S/C13H13BrFNO/c1-8-11(4-5-17-8)13(16)7-9-6-10(15)2-3-12(9)14/h2-6,13H,7,16H2,1H3. The maximum absolute atomic E-state index is 13.1. The van der Waals surface area contributed by atoms with Crippen LogP contribution in [-0.2, 0) is 6.42 Å². The lowest BCUT2D eigenvalue weighted by atomic mass is 10.0. The number of hydrogen-bond donors (Lipinski definition) is 1. The predicted molar refractivity (Wildman–Crippen MR) is 68.2 cm³/mol. The molecule has 0 saturated carbocycles. The summed E-state index contributed by atoms with van der Waals surface area (Å²) in [4.78, 5) is 0. The molecular weight excluding hydrogens is 285 g/mol. The molecule has 2 N–H and O–H groups in total. The summed E-state index contributed by atoms with van der Waals surface area (Å²) < 4.78 is 19.2. The van der Waals surface area contributed by atoms with E-state index >= 15 is 0 Å². The fourth-order valence-electron chi connectivity index (χ4n) is 1.83. The molecule has 0 aliphatic carbocycles. The van der Waals surface area contributed by atoms with Crippen molar-refractivity contribution in [1.29, 1.82) is 0 Å². The number of halogens is 2. The van der Waals surface area contributed by atoms with Crippen molar-refractivity contribution in [2.24, 2.45) is 5.73 Å². The van der Waals surface area contributed by atoms with Gasteiger partial charge in [-0.3, -0.25) is 0 Å². The molecule has 0 aliphatic rings. The predicted octanol–water partition coefficient (Wildman–Crippen LogP) is 3.73. The van der Waals surface area contributed by atoms with Crippen LogP contribution in [0.5, 0.6) is 0 Å². The third-order valence-corrected chi connectivity index (χ3v) is 3.52. The largest absolute Gasteiger partial charge is 0.469 e. The molecule has 2 aromatic rings. The zero-order valence-corrected chi connectivity index (χ0v) is 11.0. The Kier molecular flexibility index (Phi) is 3.64. The summed E-state index contributed by atoms with van der Waals surface area (Å²) in [5.74, 6) is 0.560. The number of aryl methyl sites for hydroxylation is 1. The molecule has 0 aliphatic heterocycles. The van der Waals surface area contributed by atoms with Crippen LogP contribution in [-0.4, -0.2) is 0 Å². The molecule has 1 heterocycles. The zero-order chi connectivity index (χ0) is 12.4. The average molecular weight is 298 g/mol. The molecule has 90 valence electrons. The summed E-state index contributed by atoms with van der Waals surface area (Å²) in [6, 6.07) is 6.28. The molecule has 0 amide bonds. The molecule has 0 saturated heterocycles. The van der Waals surface area contributed by atoms with Crippen molar-refractivity contribution >= 4 is 15.9 Å². The molecule has 2 rings (SSSR count). The molecule has 0 spiro atoms. The number of rotatable bonds is 3. The van der Waals surface area contributed by atoms with Gasteiger partial charge in [-0.1, -0.05) is 15.9 Å². The highest BCUT2D eigenvalue weighted by molar-refractivity contribution is 9.10. The second-order valence-electron chi connectivity index (χ2n) is 3.98. The Bertz CT molecular complexity index is 524. The Balaban J connectivity index is 2.21. The van der Waals surface area contributed by atoms with Crippen molar-refractivity contribution < 1.29 is 8.81 Å². The van der Waals surface area contributed by atoms with Crippen LogP contribution in [0.1, 0.15) is 22.9 Å². The Morgan fingerprint density at radius 2 is 2.18 bits per heavy atom. The van der Waals surface area contributed by atoms with Gasteiger partial charge in [0.1, 0.15) is 11.6 Å². The molecular formula is C13H13BrFNO. The number of furan rings is 1. The lowest BCUT2D eigenvalue weighted by Gasteiger charge is -2.12. The minimum atomic E-state index is -0.251. The summed E-state index contributed by atoms with van der Waals surface area (Å²) in [6.07, 6.45) is 2.18. The molecule has 0 bridgehead atoms. The lowest BCUT2D eigenvalue weighted by Crippen LogP contribution is -2.14. The van der Waals surface area contributed by atoms with Gasteiger partial charge in [-0.2, -0.15) is 0 Å². The van der Waals surface area contributed by atoms with Crippen LogP contribution in [0.15, 0.2) is 39.4 Å². The van der Waals surface area contributed by atoms with E-state index in [1.807, 2.05) is 13.0 Å². The zero-order valence-electron chi connectivity index (χ0n) is 9.41. The van der Waals surface area contributed by atoms with Crippen molar-refractivity contribution in [1.82, 2.24) is 0 Å². The fraction of sp³-hybridized carbons (Fsp3) is 0.231. The van der Waals surface area contributed by atoms with Crippen LogP contribution in [0.4, 0.5) is 4.39 Å². The van der Waals surface area contributed by atoms with E-state index in [0.29, 0.717) is 6.42 Å². The Hall–Kier alpha value is -1.13. The highest BCUT2D eigenvalue weighted by atomic mass is 79.9. The minimum Gasteiger partial charge on any atom is -0.469 e. The van der Waals surface area contributed by atoms with Gasteiger partial charge in [0.2, 0.25) is 0 Å². The normalized spacial score (nSPS) is 12.7. The average Bonchev–Trinajstić information content (AvgIpc) is 2.70. The van der Waals surface area contributed by atoms with E-state index in [2.05, 4.69) is 15.9 Å². The number of hydrogen-bond acceptors (Lipinski definition) is 2. The molecule has 17 heavy (non-hydrogen) atoms. The molecule has 2 nitrogen and oxygen atoms in total. The van der Waals surface area contributed by atoms with Crippen LogP contribution in [0.3, 0.4) is 0 Å². The van der Waals surface area contributed by atoms with Gasteiger partial charge in [0, 0.05) is 16.1 Å². The van der Waals surface area contributed by atoms with E-state index < -0.39 is 0 Å². The Labute approximate surface area is 108 Å². The van der Waals surface area contributed by atoms with Crippen LogP contribution in [0.25, 0.3) is 0 Å². The second-order valence-corrected chi connectivity index (χ2v) is 4.83. The van der Waals surface area contributed by atoms with E-state index in [-0.39, 0.29) is 11.9 Å². The topological polar surface area (TPSA) is 39.2 Å². The summed E-state index contributed by atoms with van der Waals surface area (Å²) in [5.41, 5.74) is 7.91. The van der Waals surface area contributed by atoms with Crippen molar-refractivity contribution in [3.8, 4) is 0 Å². The van der Waals surface area contributed by atoms with E-state index in [1.54, 1.807) is 12.3 Å². The molecule has 1 atom stereocenters. The first-order valence-electron chi connectivity index (χ1n) is 5.31. The van der Waals surface area contributed by atoms with Gasteiger partial charge < -0.3 is 10.2 Å². The quantitative estimate of drug-likeness (QED) is 0.937. The molecule has 4 heteroatoms. The highest BCUT2D eigenvalue weighted by Gasteiger charge is 2.13.